The first-order valence-electron chi connectivity index (χ1n) is 7.79. The fourth-order valence-corrected chi connectivity index (χ4v) is 3.55. The number of carbonyl (C=O) groups is 2. The first kappa shape index (κ1) is 16.6. The number of rotatable bonds is 3. The van der Waals surface area contributed by atoms with Crippen LogP contribution in [0.2, 0.25) is 0 Å². The number of nitrogens with zero attached hydrogens (tertiary/aromatic N) is 2. The predicted octanol–water partition coefficient (Wildman–Crippen LogP) is 0.941. The maximum absolute atomic E-state index is 12.3. The van der Waals surface area contributed by atoms with Gasteiger partial charge in [0.05, 0.1) is 12.3 Å². The smallest absolute Gasteiger partial charge is 0.236 e. The number of hydrogen-bond acceptors (Lipinski definition) is 4. The Morgan fingerprint density at radius 3 is 2.81 bits per heavy atom. The summed E-state index contributed by atoms with van der Waals surface area (Å²) in [6.45, 7) is 9.98. The van der Waals surface area contributed by atoms with E-state index in [0.29, 0.717) is 18.8 Å². The molecule has 1 unspecified atom stereocenters. The van der Waals surface area contributed by atoms with Crippen LogP contribution in [0.4, 0.5) is 0 Å². The number of thioether (sulfide) groups is 1. The molecule has 0 aromatic rings. The van der Waals surface area contributed by atoms with Gasteiger partial charge in [0, 0.05) is 37.0 Å². The van der Waals surface area contributed by atoms with Crippen molar-refractivity contribution in [2.45, 2.75) is 44.4 Å². The van der Waals surface area contributed by atoms with Crippen molar-refractivity contribution in [3.05, 3.63) is 0 Å². The van der Waals surface area contributed by atoms with E-state index in [4.69, 9.17) is 0 Å². The van der Waals surface area contributed by atoms with E-state index < -0.39 is 0 Å². The molecule has 6 heteroatoms. The van der Waals surface area contributed by atoms with Crippen LogP contribution >= 0.6 is 11.8 Å². The minimum Gasteiger partial charge on any atom is -0.340 e. The Hall–Kier alpha value is -0.750. The van der Waals surface area contributed by atoms with Crippen LogP contribution in [0.3, 0.4) is 0 Å². The predicted molar refractivity (Wildman–Crippen MR) is 86.4 cm³/mol. The Kier molecular flexibility index (Phi) is 5.54. The molecule has 2 rings (SSSR count). The van der Waals surface area contributed by atoms with E-state index in [9.17, 15) is 9.59 Å². The molecule has 1 atom stereocenters. The van der Waals surface area contributed by atoms with E-state index in [1.807, 2.05) is 9.80 Å². The molecule has 0 saturated carbocycles. The second kappa shape index (κ2) is 7.01. The molecule has 2 saturated heterocycles. The largest absolute Gasteiger partial charge is 0.340 e. The van der Waals surface area contributed by atoms with Crippen LogP contribution in [-0.2, 0) is 9.59 Å². The van der Waals surface area contributed by atoms with Gasteiger partial charge >= 0.3 is 0 Å². The number of amides is 2. The SMILES string of the molecule is CC(C)(C)SCC(=O)N1CCCC(N2CCNCC2=O)C1. The summed E-state index contributed by atoms with van der Waals surface area (Å²) >= 11 is 1.69. The molecule has 2 heterocycles. The Bertz CT molecular complexity index is 395. The molecule has 0 spiro atoms. The van der Waals surface area contributed by atoms with Crippen LogP contribution in [0.5, 0.6) is 0 Å². The summed E-state index contributed by atoms with van der Waals surface area (Å²) in [6, 6.07) is 0.205. The van der Waals surface area contributed by atoms with E-state index in [0.717, 1.165) is 32.5 Å². The number of piperidine rings is 1. The summed E-state index contributed by atoms with van der Waals surface area (Å²) in [7, 11) is 0. The van der Waals surface area contributed by atoms with Gasteiger partial charge < -0.3 is 15.1 Å². The van der Waals surface area contributed by atoms with E-state index >= 15 is 0 Å². The third-order valence-electron chi connectivity index (χ3n) is 3.94. The zero-order valence-electron chi connectivity index (χ0n) is 13.4. The number of carbonyl (C=O) groups excluding carboxylic acids is 2. The van der Waals surface area contributed by atoms with E-state index in [2.05, 4.69) is 26.1 Å². The van der Waals surface area contributed by atoms with Crippen molar-refractivity contribution in [2.75, 3.05) is 38.5 Å². The lowest BCUT2D eigenvalue weighted by Crippen LogP contribution is -2.57. The van der Waals surface area contributed by atoms with Gasteiger partial charge in [-0.3, -0.25) is 9.59 Å². The Morgan fingerprint density at radius 1 is 1.38 bits per heavy atom. The van der Waals surface area contributed by atoms with Gasteiger partial charge in [-0.15, -0.1) is 11.8 Å². The van der Waals surface area contributed by atoms with Crippen molar-refractivity contribution in [3.8, 4) is 0 Å². The van der Waals surface area contributed by atoms with Gasteiger partial charge in [-0.2, -0.15) is 0 Å². The van der Waals surface area contributed by atoms with Gasteiger partial charge in [-0.05, 0) is 12.8 Å². The molecule has 1 N–H and O–H groups in total. The minimum atomic E-state index is 0.110. The molecule has 2 fully saturated rings. The molecule has 21 heavy (non-hydrogen) atoms. The van der Waals surface area contributed by atoms with Gasteiger partial charge in [0.2, 0.25) is 11.8 Å². The van der Waals surface area contributed by atoms with E-state index in [1.54, 1.807) is 11.8 Å². The van der Waals surface area contributed by atoms with Gasteiger partial charge in [0.25, 0.3) is 0 Å². The molecular formula is C15H27N3O2S. The Morgan fingerprint density at radius 2 is 2.14 bits per heavy atom. The molecule has 0 aromatic carbocycles. The summed E-state index contributed by atoms with van der Waals surface area (Å²) in [6.07, 6.45) is 2.01. The molecule has 2 aliphatic heterocycles. The van der Waals surface area contributed by atoms with E-state index in [-0.39, 0.29) is 22.6 Å². The molecule has 0 radical (unpaired) electrons. The van der Waals surface area contributed by atoms with Gasteiger partial charge in [0.1, 0.15) is 0 Å². The van der Waals surface area contributed by atoms with Gasteiger partial charge in [0.15, 0.2) is 0 Å². The van der Waals surface area contributed by atoms with Crippen molar-refractivity contribution in [1.82, 2.24) is 15.1 Å². The highest BCUT2D eigenvalue weighted by atomic mass is 32.2. The maximum atomic E-state index is 12.3. The monoisotopic (exact) mass is 313 g/mol. The Balaban J connectivity index is 1.88. The zero-order valence-corrected chi connectivity index (χ0v) is 14.2. The molecule has 5 nitrogen and oxygen atoms in total. The van der Waals surface area contributed by atoms with Gasteiger partial charge in [-0.25, -0.2) is 0 Å². The topological polar surface area (TPSA) is 52.7 Å². The summed E-state index contributed by atoms with van der Waals surface area (Å²) in [4.78, 5) is 28.2. The normalized spacial score (nSPS) is 24.3. The molecule has 2 amide bonds. The standard InChI is InChI=1S/C15H27N3O2S/c1-15(2,3)21-11-14(20)17-7-4-5-12(10-17)18-8-6-16-9-13(18)19/h12,16H,4-11H2,1-3H3. The number of likely N-dealkylation sites (tertiary alicyclic amines) is 1. The molecular weight excluding hydrogens is 286 g/mol. The lowest BCUT2D eigenvalue weighted by molar-refractivity contribution is -0.139. The zero-order chi connectivity index (χ0) is 15.5. The fraction of sp³-hybridized carbons (Fsp3) is 0.867. The first-order chi connectivity index (χ1) is 9.87. The lowest BCUT2D eigenvalue weighted by atomic mass is 10.0. The summed E-state index contributed by atoms with van der Waals surface area (Å²) in [5, 5.41) is 3.10. The van der Waals surface area contributed by atoms with Crippen LogP contribution in [0.1, 0.15) is 33.6 Å². The van der Waals surface area contributed by atoms with Crippen molar-refractivity contribution in [2.24, 2.45) is 0 Å². The molecule has 0 bridgehead atoms. The van der Waals surface area contributed by atoms with Crippen LogP contribution in [0.25, 0.3) is 0 Å². The number of hydrogen-bond donors (Lipinski definition) is 1. The third-order valence-corrected chi connectivity index (χ3v) is 5.20. The lowest BCUT2D eigenvalue weighted by Gasteiger charge is -2.41. The van der Waals surface area contributed by atoms with E-state index in [1.165, 1.54) is 0 Å². The molecule has 0 aromatic heterocycles. The summed E-state index contributed by atoms with van der Waals surface area (Å²) < 4.78 is 0.110. The minimum absolute atomic E-state index is 0.110. The van der Waals surface area contributed by atoms with Crippen LogP contribution in [0, 0.1) is 0 Å². The average Bonchev–Trinajstić information content (AvgIpc) is 2.44. The van der Waals surface area contributed by atoms with Crippen LogP contribution in [0.15, 0.2) is 0 Å². The Labute approximate surface area is 131 Å². The maximum Gasteiger partial charge on any atom is 0.236 e. The highest BCUT2D eigenvalue weighted by molar-refractivity contribution is 8.01. The van der Waals surface area contributed by atoms with Crippen LogP contribution in [-0.4, -0.2) is 70.9 Å². The summed E-state index contributed by atoms with van der Waals surface area (Å²) in [5.74, 6) is 0.915. The fourth-order valence-electron chi connectivity index (χ4n) is 2.81. The van der Waals surface area contributed by atoms with Crippen molar-refractivity contribution >= 4 is 23.6 Å². The molecule has 0 aliphatic carbocycles. The van der Waals surface area contributed by atoms with Crippen molar-refractivity contribution < 1.29 is 9.59 Å². The summed E-state index contributed by atoms with van der Waals surface area (Å²) in [5.41, 5.74) is 0. The highest BCUT2D eigenvalue weighted by Crippen LogP contribution is 2.24. The third kappa shape index (κ3) is 4.88. The van der Waals surface area contributed by atoms with Crippen LogP contribution < -0.4 is 5.32 Å². The highest BCUT2D eigenvalue weighted by Gasteiger charge is 2.31. The van der Waals surface area contributed by atoms with Crippen molar-refractivity contribution in [3.63, 3.8) is 0 Å². The molecule has 2 aliphatic rings. The first-order valence-corrected chi connectivity index (χ1v) is 8.77. The number of nitrogens with one attached hydrogen (secondary N) is 1. The average molecular weight is 313 g/mol. The van der Waals surface area contributed by atoms with Gasteiger partial charge in [-0.1, -0.05) is 20.8 Å². The number of piperazine rings is 1. The van der Waals surface area contributed by atoms with Crippen molar-refractivity contribution in [1.29, 1.82) is 0 Å². The molecule has 120 valence electrons. The second-order valence-corrected chi connectivity index (χ2v) is 8.60. The quantitative estimate of drug-likeness (QED) is 0.842. The second-order valence-electron chi connectivity index (χ2n) is 6.80.